The van der Waals surface area contributed by atoms with Crippen LogP contribution in [0.4, 0.5) is 0 Å². The van der Waals surface area contributed by atoms with E-state index in [1.165, 1.54) is 14.2 Å². The summed E-state index contributed by atoms with van der Waals surface area (Å²) in [6, 6.07) is 5.13. The zero-order valence-corrected chi connectivity index (χ0v) is 11.6. The van der Waals surface area contributed by atoms with Gasteiger partial charge in [0, 0.05) is 20.3 Å². The summed E-state index contributed by atoms with van der Waals surface area (Å²) in [6.07, 6.45) is 1.69. The third-order valence-corrected chi connectivity index (χ3v) is 2.57. The van der Waals surface area contributed by atoms with Crippen LogP contribution in [0.25, 0.3) is 5.57 Å². The van der Waals surface area contributed by atoms with Crippen LogP contribution >= 0.6 is 11.6 Å². The van der Waals surface area contributed by atoms with Gasteiger partial charge in [0.2, 0.25) is 0 Å². The number of benzene rings is 1. The molecule has 18 heavy (non-hydrogen) atoms. The third kappa shape index (κ3) is 3.40. The molecule has 0 bridgehead atoms. The van der Waals surface area contributed by atoms with E-state index in [1.54, 1.807) is 29.3 Å². The molecule has 0 aliphatic rings. The Bertz CT molecular complexity index is 469. The van der Waals surface area contributed by atoms with Gasteiger partial charge in [-0.3, -0.25) is 0 Å². The molecule has 0 N–H and O–H groups in total. The number of hydrogen-bond donors (Lipinski definition) is 0. The van der Waals surface area contributed by atoms with Crippen LogP contribution < -0.4 is 4.74 Å². The standard InChI is InChI=1S/C13H16ClNO3/c1-15(2)8-10(13(16)18-4)9-5-6-11(14)12(7-9)17-3/h5-8H,1-4H3/b10-8-. The van der Waals surface area contributed by atoms with Crippen LogP contribution in [-0.4, -0.2) is 39.2 Å². The second kappa shape index (κ2) is 6.31. The lowest BCUT2D eigenvalue weighted by Crippen LogP contribution is -2.10. The fraction of sp³-hybridized carbons (Fsp3) is 0.308. The van der Waals surface area contributed by atoms with Gasteiger partial charge < -0.3 is 14.4 Å². The molecular weight excluding hydrogens is 254 g/mol. The van der Waals surface area contributed by atoms with Crippen molar-refractivity contribution in [2.24, 2.45) is 0 Å². The van der Waals surface area contributed by atoms with Crippen LogP contribution in [0.5, 0.6) is 5.75 Å². The van der Waals surface area contributed by atoms with E-state index in [2.05, 4.69) is 0 Å². The fourth-order valence-corrected chi connectivity index (χ4v) is 1.64. The molecule has 0 fully saturated rings. The van der Waals surface area contributed by atoms with Crippen LogP contribution in [0, 0.1) is 0 Å². The summed E-state index contributed by atoms with van der Waals surface area (Å²) >= 11 is 5.95. The van der Waals surface area contributed by atoms with Crippen LogP contribution in [0.15, 0.2) is 24.4 Å². The second-order valence-corrected chi connectivity index (χ2v) is 4.25. The van der Waals surface area contributed by atoms with Gasteiger partial charge >= 0.3 is 5.97 Å². The Morgan fingerprint density at radius 2 is 2.00 bits per heavy atom. The molecule has 0 aliphatic carbocycles. The number of esters is 1. The number of carbonyl (C=O) groups is 1. The number of rotatable bonds is 4. The summed E-state index contributed by atoms with van der Waals surface area (Å²) in [5, 5.41) is 0.496. The van der Waals surface area contributed by atoms with Crippen molar-refractivity contribution in [1.29, 1.82) is 0 Å². The minimum Gasteiger partial charge on any atom is -0.495 e. The minimum atomic E-state index is -0.409. The average molecular weight is 270 g/mol. The largest absolute Gasteiger partial charge is 0.495 e. The lowest BCUT2D eigenvalue weighted by molar-refractivity contribution is -0.133. The summed E-state index contributed by atoms with van der Waals surface area (Å²) in [6.45, 7) is 0. The van der Waals surface area contributed by atoms with E-state index in [0.29, 0.717) is 21.9 Å². The summed E-state index contributed by atoms with van der Waals surface area (Å²) in [7, 11) is 6.53. The van der Waals surface area contributed by atoms with Crippen molar-refractivity contribution in [1.82, 2.24) is 4.90 Å². The molecule has 1 aromatic rings. The molecule has 0 unspecified atom stereocenters. The summed E-state index contributed by atoms with van der Waals surface area (Å²) in [5.41, 5.74) is 1.13. The van der Waals surface area contributed by atoms with E-state index >= 15 is 0 Å². The lowest BCUT2D eigenvalue weighted by Gasteiger charge is -2.12. The molecule has 98 valence electrons. The zero-order chi connectivity index (χ0) is 13.7. The highest BCUT2D eigenvalue weighted by atomic mass is 35.5. The maximum atomic E-state index is 11.7. The first kappa shape index (κ1) is 14.4. The van der Waals surface area contributed by atoms with Crippen LogP contribution in [-0.2, 0) is 9.53 Å². The highest BCUT2D eigenvalue weighted by Crippen LogP contribution is 2.28. The molecule has 0 aromatic heterocycles. The topological polar surface area (TPSA) is 38.8 Å². The van der Waals surface area contributed by atoms with Crippen LogP contribution in [0.2, 0.25) is 5.02 Å². The van der Waals surface area contributed by atoms with Crippen molar-refractivity contribution in [3.8, 4) is 5.75 Å². The predicted molar refractivity (Wildman–Crippen MR) is 71.7 cm³/mol. The van der Waals surface area contributed by atoms with Crippen molar-refractivity contribution >= 4 is 23.1 Å². The lowest BCUT2D eigenvalue weighted by atomic mass is 10.1. The van der Waals surface area contributed by atoms with E-state index < -0.39 is 5.97 Å². The summed E-state index contributed by atoms with van der Waals surface area (Å²) in [5.74, 6) is 0.107. The molecule has 5 heteroatoms. The van der Waals surface area contributed by atoms with Gasteiger partial charge in [-0.05, 0) is 17.7 Å². The second-order valence-electron chi connectivity index (χ2n) is 3.85. The quantitative estimate of drug-likeness (QED) is 0.622. The third-order valence-electron chi connectivity index (χ3n) is 2.25. The number of hydrogen-bond acceptors (Lipinski definition) is 4. The maximum Gasteiger partial charge on any atom is 0.339 e. The average Bonchev–Trinajstić information content (AvgIpc) is 2.35. The maximum absolute atomic E-state index is 11.7. The number of ether oxygens (including phenoxy) is 2. The van der Waals surface area contributed by atoms with Gasteiger partial charge in [-0.15, -0.1) is 0 Å². The first-order valence-corrected chi connectivity index (χ1v) is 5.68. The summed E-state index contributed by atoms with van der Waals surface area (Å²) in [4.78, 5) is 13.5. The van der Waals surface area contributed by atoms with E-state index in [-0.39, 0.29) is 0 Å². The van der Waals surface area contributed by atoms with Gasteiger partial charge in [-0.2, -0.15) is 0 Å². The minimum absolute atomic E-state index is 0.409. The number of methoxy groups -OCH3 is 2. The normalized spacial score (nSPS) is 11.1. The molecule has 0 amide bonds. The predicted octanol–water partition coefficient (Wildman–Crippen LogP) is 2.42. The van der Waals surface area contributed by atoms with Crippen molar-refractivity contribution in [3.05, 3.63) is 35.0 Å². The fourth-order valence-electron chi connectivity index (χ4n) is 1.44. The van der Waals surface area contributed by atoms with Gasteiger partial charge in [0.05, 0.1) is 24.8 Å². The zero-order valence-electron chi connectivity index (χ0n) is 10.9. The van der Waals surface area contributed by atoms with Crippen molar-refractivity contribution in [2.75, 3.05) is 28.3 Å². The van der Waals surface area contributed by atoms with E-state index in [9.17, 15) is 4.79 Å². The first-order chi connectivity index (χ1) is 8.49. The smallest absolute Gasteiger partial charge is 0.339 e. The molecule has 0 radical (unpaired) electrons. The van der Waals surface area contributed by atoms with E-state index in [1.807, 2.05) is 14.1 Å². The molecule has 0 atom stereocenters. The molecule has 0 saturated carbocycles. The Hall–Kier alpha value is -1.68. The van der Waals surface area contributed by atoms with Crippen molar-refractivity contribution in [3.63, 3.8) is 0 Å². The molecule has 0 saturated heterocycles. The van der Waals surface area contributed by atoms with E-state index in [0.717, 1.165) is 0 Å². The van der Waals surface area contributed by atoms with Crippen LogP contribution in [0.3, 0.4) is 0 Å². The molecule has 1 aromatic carbocycles. The monoisotopic (exact) mass is 269 g/mol. The Morgan fingerprint density at radius 3 is 2.50 bits per heavy atom. The first-order valence-electron chi connectivity index (χ1n) is 5.30. The molecule has 0 spiro atoms. The number of halogens is 1. The Labute approximate surface area is 112 Å². The van der Waals surface area contributed by atoms with E-state index in [4.69, 9.17) is 21.1 Å². The van der Waals surface area contributed by atoms with Crippen molar-refractivity contribution in [2.45, 2.75) is 0 Å². The van der Waals surface area contributed by atoms with Gasteiger partial charge in [-0.1, -0.05) is 17.7 Å². The SMILES string of the molecule is COC(=O)/C(=C\N(C)C)c1ccc(Cl)c(OC)c1. The number of nitrogens with zero attached hydrogens (tertiary/aromatic N) is 1. The van der Waals surface area contributed by atoms with Gasteiger partial charge in [0.1, 0.15) is 5.75 Å². The van der Waals surface area contributed by atoms with Crippen LogP contribution in [0.1, 0.15) is 5.56 Å². The van der Waals surface area contributed by atoms with Crippen molar-refractivity contribution < 1.29 is 14.3 Å². The molecule has 4 nitrogen and oxygen atoms in total. The molecule has 1 rings (SSSR count). The molecule has 0 heterocycles. The summed E-state index contributed by atoms with van der Waals surface area (Å²) < 4.78 is 9.89. The van der Waals surface area contributed by atoms with Gasteiger partial charge in [0.15, 0.2) is 0 Å². The highest BCUT2D eigenvalue weighted by Gasteiger charge is 2.14. The number of carbonyl (C=O) groups excluding carboxylic acids is 1. The molecule has 0 aliphatic heterocycles. The Morgan fingerprint density at radius 1 is 1.33 bits per heavy atom. The highest BCUT2D eigenvalue weighted by molar-refractivity contribution is 6.32. The van der Waals surface area contributed by atoms with Gasteiger partial charge in [0.25, 0.3) is 0 Å². The van der Waals surface area contributed by atoms with Gasteiger partial charge in [-0.25, -0.2) is 4.79 Å². The molecular formula is C13H16ClNO3. The Kier molecular flexibility index (Phi) is 5.04. The Balaban J connectivity index is 3.26.